The zero-order chi connectivity index (χ0) is 13.9. The summed E-state index contributed by atoms with van der Waals surface area (Å²) in [7, 11) is 2.03. The molecule has 0 saturated heterocycles. The van der Waals surface area contributed by atoms with Gasteiger partial charge in [0, 0.05) is 25.0 Å². The Morgan fingerprint density at radius 3 is 2.75 bits per heavy atom. The molecule has 0 unspecified atom stereocenters. The standard InChI is InChI=1S/C16H16FN3/c1-19-8-9-20(12-19)11-15-6-3-7-16(18-15)13-4-2-5-14(17)10-13/h2-10H,11-12H2,1H3. The van der Waals surface area contributed by atoms with Gasteiger partial charge in [0.2, 0.25) is 0 Å². The molecular weight excluding hydrogens is 253 g/mol. The van der Waals surface area contributed by atoms with Crippen molar-refractivity contribution >= 4 is 0 Å². The first-order chi connectivity index (χ1) is 9.70. The number of rotatable bonds is 3. The summed E-state index contributed by atoms with van der Waals surface area (Å²) in [6.45, 7) is 1.62. The van der Waals surface area contributed by atoms with Gasteiger partial charge in [0.1, 0.15) is 5.82 Å². The van der Waals surface area contributed by atoms with Gasteiger partial charge in [0.15, 0.2) is 0 Å². The topological polar surface area (TPSA) is 19.4 Å². The number of benzene rings is 1. The Hall–Kier alpha value is -2.36. The van der Waals surface area contributed by atoms with E-state index in [9.17, 15) is 4.39 Å². The summed E-state index contributed by atoms with van der Waals surface area (Å²) in [5, 5.41) is 0. The smallest absolute Gasteiger partial charge is 0.123 e. The van der Waals surface area contributed by atoms with E-state index in [1.165, 1.54) is 12.1 Å². The lowest BCUT2D eigenvalue weighted by atomic mass is 10.1. The Morgan fingerprint density at radius 2 is 2.00 bits per heavy atom. The van der Waals surface area contributed by atoms with E-state index in [0.29, 0.717) is 0 Å². The first-order valence-electron chi connectivity index (χ1n) is 6.55. The minimum absolute atomic E-state index is 0.237. The van der Waals surface area contributed by atoms with Crippen LogP contribution < -0.4 is 0 Å². The number of hydrogen-bond acceptors (Lipinski definition) is 3. The van der Waals surface area contributed by atoms with Crippen LogP contribution in [0.4, 0.5) is 4.39 Å². The van der Waals surface area contributed by atoms with Crippen LogP contribution >= 0.6 is 0 Å². The molecule has 2 heterocycles. The van der Waals surface area contributed by atoms with Crippen molar-refractivity contribution in [1.29, 1.82) is 0 Å². The van der Waals surface area contributed by atoms with E-state index < -0.39 is 0 Å². The van der Waals surface area contributed by atoms with Crippen LogP contribution in [0.5, 0.6) is 0 Å². The van der Waals surface area contributed by atoms with Crippen molar-refractivity contribution in [2.75, 3.05) is 13.7 Å². The van der Waals surface area contributed by atoms with Crippen molar-refractivity contribution in [3.05, 3.63) is 66.4 Å². The van der Waals surface area contributed by atoms with Gasteiger partial charge < -0.3 is 9.80 Å². The molecule has 3 nitrogen and oxygen atoms in total. The number of nitrogens with zero attached hydrogens (tertiary/aromatic N) is 3. The second-order valence-electron chi connectivity index (χ2n) is 4.97. The minimum atomic E-state index is -0.237. The van der Waals surface area contributed by atoms with Gasteiger partial charge in [-0.15, -0.1) is 0 Å². The number of aromatic nitrogens is 1. The molecule has 1 aromatic heterocycles. The Labute approximate surface area is 118 Å². The number of hydrogen-bond donors (Lipinski definition) is 0. The third-order valence-corrected chi connectivity index (χ3v) is 3.23. The zero-order valence-electron chi connectivity index (χ0n) is 11.3. The first-order valence-corrected chi connectivity index (χ1v) is 6.55. The van der Waals surface area contributed by atoms with Crippen LogP contribution in [0.3, 0.4) is 0 Å². The quantitative estimate of drug-likeness (QED) is 0.853. The highest BCUT2D eigenvalue weighted by molar-refractivity contribution is 5.58. The maximum Gasteiger partial charge on any atom is 0.123 e. The summed E-state index contributed by atoms with van der Waals surface area (Å²) in [5.74, 6) is -0.237. The van der Waals surface area contributed by atoms with Crippen molar-refractivity contribution in [2.24, 2.45) is 0 Å². The fourth-order valence-electron chi connectivity index (χ4n) is 2.28. The van der Waals surface area contributed by atoms with Crippen LogP contribution in [0, 0.1) is 5.82 Å². The van der Waals surface area contributed by atoms with E-state index in [2.05, 4.69) is 21.0 Å². The van der Waals surface area contributed by atoms with E-state index in [1.807, 2.05) is 37.5 Å². The van der Waals surface area contributed by atoms with Crippen LogP contribution in [0.25, 0.3) is 11.3 Å². The third-order valence-electron chi connectivity index (χ3n) is 3.23. The van der Waals surface area contributed by atoms with Gasteiger partial charge in [-0.25, -0.2) is 4.39 Å². The molecule has 0 spiro atoms. The van der Waals surface area contributed by atoms with Gasteiger partial charge in [-0.3, -0.25) is 4.98 Å². The third kappa shape index (κ3) is 2.79. The summed E-state index contributed by atoms with van der Waals surface area (Å²) in [5.41, 5.74) is 2.59. The van der Waals surface area contributed by atoms with Gasteiger partial charge in [0.05, 0.1) is 24.6 Å². The average Bonchev–Trinajstić information content (AvgIpc) is 2.84. The molecule has 4 heteroatoms. The number of halogens is 1. The maximum atomic E-state index is 13.3. The molecular formula is C16H16FN3. The molecule has 0 amide bonds. The highest BCUT2D eigenvalue weighted by Gasteiger charge is 2.10. The van der Waals surface area contributed by atoms with Crippen LogP contribution in [-0.2, 0) is 6.54 Å². The molecule has 0 saturated carbocycles. The minimum Gasteiger partial charge on any atom is -0.362 e. The lowest BCUT2D eigenvalue weighted by Gasteiger charge is -2.17. The van der Waals surface area contributed by atoms with Crippen LogP contribution in [0.2, 0.25) is 0 Å². The summed E-state index contributed by atoms with van der Waals surface area (Å²) in [6.07, 6.45) is 4.09. The predicted octanol–water partition coefficient (Wildman–Crippen LogP) is 3.06. The molecule has 0 bridgehead atoms. The van der Waals surface area contributed by atoms with Gasteiger partial charge in [-0.05, 0) is 24.3 Å². The molecule has 102 valence electrons. The van der Waals surface area contributed by atoms with Crippen LogP contribution in [-0.4, -0.2) is 28.5 Å². The van der Waals surface area contributed by atoms with Crippen molar-refractivity contribution in [3.63, 3.8) is 0 Å². The van der Waals surface area contributed by atoms with Crippen LogP contribution in [0.1, 0.15) is 5.69 Å². The summed E-state index contributed by atoms with van der Waals surface area (Å²) >= 11 is 0. The Morgan fingerprint density at radius 1 is 1.15 bits per heavy atom. The second kappa shape index (κ2) is 5.33. The molecule has 1 aromatic carbocycles. The molecule has 3 rings (SSSR count). The molecule has 0 aliphatic carbocycles. The molecule has 0 fully saturated rings. The SMILES string of the molecule is CN1C=CN(Cc2cccc(-c3cccc(F)c3)n2)C1. The Bertz CT molecular complexity index is 639. The van der Waals surface area contributed by atoms with Gasteiger partial charge in [0.25, 0.3) is 0 Å². The highest BCUT2D eigenvalue weighted by atomic mass is 19.1. The molecule has 1 aliphatic heterocycles. The van der Waals surface area contributed by atoms with Gasteiger partial charge in [-0.1, -0.05) is 18.2 Å². The monoisotopic (exact) mass is 269 g/mol. The van der Waals surface area contributed by atoms with Gasteiger partial charge in [-0.2, -0.15) is 0 Å². The van der Waals surface area contributed by atoms with Crippen molar-refractivity contribution in [1.82, 2.24) is 14.8 Å². The summed E-state index contributed by atoms with van der Waals surface area (Å²) in [6, 6.07) is 12.4. The van der Waals surface area contributed by atoms with Crippen molar-refractivity contribution < 1.29 is 4.39 Å². The lowest BCUT2D eigenvalue weighted by Crippen LogP contribution is -2.22. The Kier molecular flexibility index (Phi) is 3.37. The van der Waals surface area contributed by atoms with Crippen molar-refractivity contribution in [2.45, 2.75) is 6.54 Å². The normalized spacial score (nSPS) is 14.1. The largest absolute Gasteiger partial charge is 0.362 e. The van der Waals surface area contributed by atoms with Gasteiger partial charge >= 0.3 is 0 Å². The molecule has 0 atom stereocenters. The summed E-state index contributed by atoms with van der Waals surface area (Å²) in [4.78, 5) is 8.90. The second-order valence-corrected chi connectivity index (χ2v) is 4.97. The lowest BCUT2D eigenvalue weighted by molar-refractivity contribution is 0.288. The first kappa shape index (κ1) is 12.7. The van der Waals surface area contributed by atoms with E-state index in [0.717, 1.165) is 30.2 Å². The molecule has 0 radical (unpaired) electrons. The fourth-order valence-corrected chi connectivity index (χ4v) is 2.28. The summed E-state index contributed by atoms with van der Waals surface area (Å²) < 4.78 is 13.3. The van der Waals surface area contributed by atoms with Crippen molar-refractivity contribution in [3.8, 4) is 11.3 Å². The zero-order valence-corrected chi connectivity index (χ0v) is 11.3. The average molecular weight is 269 g/mol. The van der Waals surface area contributed by atoms with E-state index >= 15 is 0 Å². The van der Waals surface area contributed by atoms with E-state index in [-0.39, 0.29) is 5.82 Å². The molecule has 20 heavy (non-hydrogen) atoms. The molecule has 1 aliphatic rings. The molecule has 0 N–H and O–H groups in total. The van der Waals surface area contributed by atoms with E-state index in [1.54, 1.807) is 6.07 Å². The maximum absolute atomic E-state index is 13.3. The molecule has 2 aromatic rings. The Balaban J connectivity index is 1.81. The highest BCUT2D eigenvalue weighted by Crippen LogP contribution is 2.19. The van der Waals surface area contributed by atoms with E-state index in [4.69, 9.17) is 0 Å². The predicted molar refractivity (Wildman–Crippen MR) is 76.9 cm³/mol. The number of pyridine rings is 1. The van der Waals surface area contributed by atoms with Crippen LogP contribution in [0.15, 0.2) is 54.9 Å². The fraction of sp³-hybridized carbons (Fsp3) is 0.188.